The predicted molar refractivity (Wildman–Crippen MR) is 258 cm³/mol. The number of aliphatic hydroxyl groups is 8. The van der Waals surface area contributed by atoms with Crippen molar-refractivity contribution >= 4 is 11.9 Å². The molecule has 1 aromatic heterocycles. The first-order valence-corrected chi connectivity index (χ1v) is 26.6. The van der Waals surface area contributed by atoms with Crippen LogP contribution in [0.2, 0.25) is 0 Å². The molecule has 1 aromatic rings. The van der Waals surface area contributed by atoms with Gasteiger partial charge in [-0.15, -0.1) is 5.92 Å². The molecule has 0 radical (unpaired) electrons. The molecule has 21 unspecified atom stereocenters. The van der Waals surface area contributed by atoms with Gasteiger partial charge in [-0.25, -0.2) is 4.98 Å². The zero-order valence-electron chi connectivity index (χ0n) is 42.1. The molecule has 8 aliphatic rings. The van der Waals surface area contributed by atoms with Crippen LogP contribution in [0.4, 0.5) is 0 Å². The number of fused-ring (bicyclic) bond motifs is 2. The maximum absolute atomic E-state index is 15.1. The number of imidazole rings is 1. The number of carbonyl (C=O) groups is 2. The summed E-state index contributed by atoms with van der Waals surface area (Å²) in [5.74, 6) is 2.47. The lowest BCUT2D eigenvalue weighted by atomic mass is 9.30. The first-order valence-electron chi connectivity index (χ1n) is 26.6. The van der Waals surface area contributed by atoms with Crippen molar-refractivity contribution in [1.29, 1.82) is 0 Å². The van der Waals surface area contributed by atoms with Crippen molar-refractivity contribution in [3.63, 3.8) is 0 Å². The lowest BCUT2D eigenvalue weighted by Gasteiger charge is -2.74. The number of nitrogens with one attached hydrogen (secondary N) is 2. The zero-order chi connectivity index (χ0) is 51.1. The molecular weight excluding hydrogens is 913 g/mol. The van der Waals surface area contributed by atoms with Crippen LogP contribution >= 0.6 is 0 Å². The van der Waals surface area contributed by atoms with Gasteiger partial charge in [-0.2, -0.15) is 0 Å². The molecule has 2 aliphatic heterocycles. The summed E-state index contributed by atoms with van der Waals surface area (Å²) in [6, 6.07) is -0.670. The van der Waals surface area contributed by atoms with Gasteiger partial charge in [0.05, 0.1) is 49.2 Å². The van der Waals surface area contributed by atoms with E-state index in [1.807, 2.05) is 6.92 Å². The number of carboxylic acid groups (broad SMARTS) is 1. The number of aliphatic hydroxyl groups excluding tert-OH is 8. The van der Waals surface area contributed by atoms with Crippen molar-refractivity contribution in [3.8, 4) is 11.8 Å². The van der Waals surface area contributed by atoms with Crippen molar-refractivity contribution in [2.45, 2.75) is 166 Å². The molecule has 396 valence electrons. The van der Waals surface area contributed by atoms with Crippen LogP contribution < -0.4 is 11.1 Å². The third kappa shape index (κ3) is 7.68. The first-order chi connectivity index (χ1) is 33.8. The molecular formula is C54H82N4O13. The zero-order valence-corrected chi connectivity index (χ0v) is 42.1. The maximum Gasteiger partial charge on any atom is 0.310 e. The number of hydrogen-bond acceptors (Lipinski definition) is 14. The molecule has 17 nitrogen and oxygen atoms in total. The molecule has 17 heteroatoms. The van der Waals surface area contributed by atoms with E-state index in [4.69, 9.17) is 15.2 Å². The number of aromatic amines is 1. The van der Waals surface area contributed by atoms with E-state index in [9.17, 15) is 50.8 Å². The molecule has 21 atom stereocenters. The van der Waals surface area contributed by atoms with Crippen LogP contribution in [0.25, 0.3) is 0 Å². The number of allylic oxidation sites excluding steroid dienone is 2. The number of aliphatic carboxylic acids is 1. The average Bonchev–Trinajstić information content (AvgIpc) is 3.99. The molecule has 6 fully saturated rings. The van der Waals surface area contributed by atoms with Crippen molar-refractivity contribution in [3.05, 3.63) is 29.9 Å². The molecule has 0 aromatic carbocycles. The molecule has 9 rings (SSSR count). The summed E-state index contributed by atoms with van der Waals surface area (Å²) >= 11 is 0. The third-order valence-electron chi connectivity index (χ3n) is 21.7. The van der Waals surface area contributed by atoms with Crippen LogP contribution in [0.5, 0.6) is 0 Å². The topological polar surface area (TPSA) is 301 Å². The van der Waals surface area contributed by atoms with E-state index < -0.39 is 124 Å². The Morgan fingerprint density at radius 3 is 2.37 bits per heavy atom. The summed E-state index contributed by atoms with van der Waals surface area (Å²) in [7, 11) is 0. The molecule has 2 saturated heterocycles. The molecule has 1 amide bonds. The highest BCUT2D eigenvalue weighted by molar-refractivity contribution is 5.86. The Morgan fingerprint density at radius 1 is 0.944 bits per heavy atom. The second-order valence-electron chi connectivity index (χ2n) is 24.6. The van der Waals surface area contributed by atoms with Gasteiger partial charge in [0.2, 0.25) is 5.91 Å². The Hall–Kier alpha value is -2.99. The van der Waals surface area contributed by atoms with Gasteiger partial charge in [0.1, 0.15) is 18.3 Å². The number of nitrogens with two attached hydrogens (primary N) is 1. The summed E-state index contributed by atoms with van der Waals surface area (Å²) in [6.07, 6.45) is 3.78. The molecule has 4 saturated carbocycles. The van der Waals surface area contributed by atoms with Gasteiger partial charge in [-0.1, -0.05) is 45.3 Å². The minimum atomic E-state index is -1.70. The Kier molecular flexibility index (Phi) is 14.4. The number of rotatable bonds is 15. The van der Waals surface area contributed by atoms with E-state index in [-0.39, 0.29) is 56.3 Å². The number of amides is 1. The number of H-pyrrole nitrogens is 1. The Labute approximate surface area is 417 Å². The Balaban J connectivity index is 1.28. The monoisotopic (exact) mass is 995 g/mol. The van der Waals surface area contributed by atoms with Crippen molar-refractivity contribution in [2.75, 3.05) is 39.6 Å². The van der Waals surface area contributed by atoms with E-state index in [1.165, 1.54) is 0 Å². The number of ether oxygens (including phenoxy) is 2. The van der Waals surface area contributed by atoms with E-state index >= 15 is 4.79 Å². The van der Waals surface area contributed by atoms with Gasteiger partial charge in [0.25, 0.3) is 0 Å². The molecule has 1 spiro atoms. The van der Waals surface area contributed by atoms with Gasteiger partial charge in [-0.05, 0) is 129 Å². The second-order valence-corrected chi connectivity index (χ2v) is 24.6. The summed E-state index contributed by atoms with van der Waals surface area (Å²) < 4.78 is 12.6. The van der Waals surface area contributed by atoms with Gasteiger partial charge in [0, 0.05) is 66.7 Å². The normalized spacial score (nSPS) is 48.5. The highest BCUT2D eigenvalue weighted by atomic mass is 16.7. The lowest BCUT2D eigenvalue weighted by molar-refractivity contribution is -0.343. The van der Waals surface area contributed by atoms with Crippen LogP contribution in [-0.2, 0) is 19.1 Å². The minimum absolute atomic E-state index is 0.0440. The van der Waals surface area contributed by atoms with Gasteiger partial charge in [-0.3, -0.25) is 9.59 Å². The van der Waals surface area contributed by atoms with Crippen molar-refractivity contribution in [2.24, 2.45) is 79.1 Å². The average molecular weight is 995 g/mol. The third-order valence-corrected chi connectivity index (χ3v) is 21.7. The fourth-order valence-electron chi connectivity index (χ4n) is 18.0. The van der Waals surface area contributed by atoms with Gasteiger partial charge < -0.3 is 71.5 Å². The lowest BCUT2D eigenvalue weighted by Crippen LogP contribution is -2.74. The highest BCUT2D eigenvalue weighted by Gasteiger charge is 2.76. The van der Waals surface area contributed by atoms with E-state index in [2.05, 4.69) is 54.0 Å². The van der Waals surface area contributed by atoms with Crippen molar-refractivity contribution < 1.29 is 65.0 Å². The van der Waals surface area contributed by atoms with Crippen LogP contribution in [0, 0.1) is 85.3 Å². The standard InChI is InChI=1S/C54H82N4O13/c1-48(26-60)17-18-52(47(68)69)19-20-54-15-6-5-9-31(38-40(30(10-7-21-55)34-24-56-29-57-34)58-46(67)53(38,28-62)14-8-22-59)39-42(65)44(71-45-43(66)41(64)35(63)25-70-45)49(2,27-61)36-13-16-50(54,3)37(51(36,39)4)12-11-32(54)33(52)23-48/h11,24,29-31,33,35-45,59-66H,6-8,10,12-23,25-28,55H2,1-4H3,(H,56,57)(H,58,67)(H,68,69). The van der Waals surface area contributed by atoms with E-state index in [1.54, 1.807) is 12.5 Å². The predicted octanol–water partition coefficient (Wildman–Crippen LogP) is 2.34. The SMILES string of the molecule is CC1(CO)CCC2(C(=O)O)CCC34CCC#CC(C5C(C(CCCN)c6cnc[nH]6)NC(=O)C5(CO)CCCO)C5C(O)C(OC6OCC(O)C(O)C6O)C(C)(CO)C6CCC3(C)C(CC=C4C2C1)C56C. The quantitative estimate of drug-likeness (QED) is 0.0682. The minimum Gasteiger partial charge on any atom is -0.481 e. The van der Waals surface area contributed by atoms with Crippen LogP contribution in [0.1, 0.15) is 129 Å². The van der Waals surface area contributed by atoms with Crippen LogP contribution in [0.3, 0.4) is 0 Å². The Bertz CT molecular complexity index is 2220. The summed E-state index contributed by atoms with van der Waals surface area (Å²) in [4.78, 5) is 36.4. The van der Waals surface area contributed by atoms with Gasteiger partial charge in [0.15, 0.2) is 6.29 Å². The van der Waals surface area contributed by atoms with Gasteiger partial charge >= 0.3 is 5.97 Å². The highest BCUT2D eigenvalue weighted by Crippen LogP contribution is 2.79. The molecule has 6 aliphatic carbocycles. The molecule has 71 heavy (non-hydrogen) atoms. The molecule has 4 bridgehead atoms. The fraction of sp³-hybridized carbons (Fsp3) is 0.833. The Morgan fingerprint density at radius 2 is 1.70 bits per heavy atom. The number of aromatic nitrogens is 2. The number of carboxylic acids is 1. The van der Waals surface area contributed by atoms with Crippen LogP contribution in [0.15, 0.2) is 24.2 Å². The largest absolute Gasteiger partial charge is 0.481 e. The number of carbonyl (C=O) groups excluding carboxylic acids is 1. The molecule has 13 N–H and O–H groups in total. The summed E-state index contributed by atoms with van der Waals surface area (Å²) in [5, 5.41) is 106. The van der Waals surface area contributed by atoms with Crippen molar-refractivity contribution in [1.82, 2.24) is 15.3 Å². The van der Waals surface area contributed by atoms with E-state index in [0.717, 1.165) is 11.3 Å². The summed E-state index contributed by atoms with van der Waals surface area (Å²) in [6.45, 7) is 7.29. The smallest absolute Gasteiger partial charge is 0.310 e. The summed E-state index contributed by atoms with van der Waals surface area (Å²) in [5.41, 5.74) is 2.05. The maximum atomic E-state index is 15.1. The first kappa shape index (κ1) is 52.9. The fourth-order valence-corrected chi connectivity index (χ4v) is 18.0. The molecule has 3 heterocycles. The van der Waals surface area contributed by atoms with Crippen LogP contribution in [-0.4, -0.2) is 150 Å². The second kappa shape index (κ2) is 19.3. The van der Waals surface area contributed by atoms with E-state index in [0.29, 0.717) is 83.6 Å². The number of nitrogens with zero attached hydrogens (tertiary/aromatic N) is 1. The number of hydrogen-bond donors (Lipinski definition) is 12.